The van der Waals surface area contributed by atoms with E-state index in [1.165, 1.54) is 0 Å². The molecule has 140 valence electrons. The minimum absolute atomic E-state index is 0.121. The van der Waals surface area contributed by atoms with Crippen molar-refractivity contribution >= 4 is 23.3 Å². The quantitative estimate of drug-likeness (QED) is 0.683. The molecule has 1 atom stereocenters. The van der Waals surface area contributed by atoms with Crippen molar-refractivity contribution in [3.05, 3.63) is 42.7 Å². The highest BCUT2D eigenvalue weighted by molar-refractivity contribution is 5.86. The SMILES string of the molecule is COc1cccc2ccc(-c3nccn3CC3CCC(=O)N3)nc12.O=CO. The highest BCUT2D eigenvalue weighted by Crippen LogP contribution is 2.27. The summed E-state index contributed by atoms with van der Waals surface area (Å²) >= 11 is 0. The Balaban J connectivity index is 0.000000659. The molecule has 2 aromatic heterocycles. The van der Waals surface area contributed by atoms with Gasteiger partial charge in [-0.1, -0.05) is 18.2 Å². The number of methoxy groups -OCH3 is 1. The number of imidazole rings is 1. The Hall–Kier alpha value is -3.42. The predicted octanol–water partition coefficient (Wildman–Crippen LogP) is 2.09. The third-order valence-electron chi connectivity index (χ3n) is 4.35. The van der Waals surface area contributed by atoms with Gasteiger partial charge >= 0.3 is 0 Å². The fraction of sp³-hybridized carbons (Fsp3) is 0.263. The van der Waals surface area contributed by atoms with E-state index in [-0.39, 0.29) is 18.4 Å². The number of benzene rings is 1. The lowest BCUT2D eigenvalue weighted by atomic mass is 10.2. The molecule has 0 saturated carbocycles. The van der Waals surface area contributed by atoms with Crippen molar-refractivity contribution in [2.45, 2.75) is 25.4 Å². The molecule has 1 unspecified atom stereocenters. The Morgan fingerprint density at radius 3 is 2.89 bits per heavy atom. The third kappa shape index (κ3) is 4.05. The largest absolute Gasteiger partial charge is 0.494 e. The summed E-state index contributed by atoms with van der Waals surface area (Å²) in [7, 11) is 1.65. The van der Waals surface area contributed by atoms with E-state index in [1.54, 1.807) is 13.3 Å². The number of fused-ring (bicyclic) bond motifs is 1. The molecule has 27 heavy (non-hydrogen) atoms. The summed E-state index contributed by atoms with van der Waals surface area (Å²) < 4.78 is 7.45. The number of pyridine rings is 1. The molecule has 0 spiro atoms. The fourth-order valence-corrected chi connectivity index (χ4v) is 3.15. The normalized spacial score (nSPS) is 15.7. The first kappa shape index (κ1) is 18.4. The lowest BCUT2D eigenvalue weighted by Gasteiger charge is -2.13. The molecule has 2 N–H and O–H groups in total. The van der Waals surface area contributed by atoms with Crippen molar-refractivity contribution in [3.8, 4) is 17.3 Å². The van der Waals surface area contributed by atoms with Crippen molar-refractivity contribution in [1.29, 1.82) is 0 Å². The minimum Gasteiger partial charge on any atom is -0.494 e. The average molecular weight is 368 g/mol. The first-order valence-corrected chi connectivity index (χ1v) is 8.48. The molecule has 1 aliphatic heterocycles. The molecule has 8 nitrogen and oxygen atoms in total. The van der Waals surface area contributed by atoms with Crippen molar-refractivity contribution in [2.75, 3.05) is 7.11 Å². The first-order valence-electron chi connectivity index (χ1n) is 8.48. The smallest absolute Gasteiger partial charge is 0.290 e. The van der Waals surface area contributed by atoms with E-state index in [4.69, 9.17) is 19.6 Å². The number of ether oxygens (including phenoxy) is 1. The zero-order valence-corrected chi connectivity index (χ0v) is 14.8. The Labute approximate surface area is 155 Å². The summed E-state index contributed by atoms with van der Waals surface area (Å²) in [4.78, 5) is 29.0. The molecular weight excluding hydrogens is 348 g/mol. The van der Waals surface area contributed by atoms with E-state index in [1.807, 2.05) is 41.1 Å². The van der Waals surface area contributed by atoms with Crippen LogP contribution in [-0.4, -0.2) is 45.2 Å². The van der Waals surface area contributed by atoms with Gasteiger partial charge < -0.3 is 19.7 Å². The van der Waals surface area contributed by atoms with E-state index in [0.29, 0.717) is 13.0 Å². The van der Waals surface area contributed by atoms with Crippen molar-refractivity contribution in [2.24, 2.45) is 0 Å². The van der Waals surface area contributed by atoms with Gasteiger partial charge in [-0.15, -0.1) is 0 Å². The molecule has 1 saturated heterocycles. The fourth-order valence-electron chi connectivity index (χ4n) is 3.15. The van der Waals surface area contributed by atoms with Crippen LogP contribution in [0.25, 0.3) is 22.4 Å². The number of carbonyl (C=O) groups excluding carboxylic acids is 1. The number of para-hydroxylation sites is 1. The molecule has 1 aromatic carbocycles. The second-order valence-corrected chi connectivity index (χ2v) is 6.04. The summed E-state index contributed by atoms with van der Waals surface area (Å²) in [6, 6.07) is 10.0. The number of amides is 1. The molecule has 3 aromatic rings. The average Bonchev–Trinajstić information content (AvgIpc) is 3.30. The van der Waals surface area contributed by atoms with Gasteiger partial charge in [-0.2, -0.15) is 0 Å². The number of carboxylic acid groups (broad SMARTS) is 1. The van der Waals surface area contributed by atoms with Gasteiger partial charge in [0.1, 0.15) is 17.0 Å². The van der Waals surface area contributed by atoms with Gasteiger partial charge in [-0.25, -0.2) is 9.97 Å². The van der Waals surface area contributed by atoms with Crippen LogP contribution in [0.2, 0.25) is 0 Å². The van der Waals surface area contributed by atoms with Crippen LogP contribution in [0.4, 0.5) is 0 Å². The molecule has 1 fully saturated rings. The second kappa shape index (κ2) is 8.31. The first-order chi connectivity index (χ1) is 13.2. The number of carbonyl (C=O) groups is 2. The molecule has 4 rings (SSSR count). The van der Waals surface area contributed by atoms with Crippen LogP contribution in [-0.2, 0) is 16.1 Å². The van der Waals surface area contributed by atoms with Crippen molar-refractivity contribution in [3.63, 3.8) is 0 Å². The van der Waals surface area contributed by atoms with Crippen LogP contribution >= 0.6 is 0 Å². The number of hydrogen-bond acceptors (Lipinski definition) is 5. The van der Waals surface area contributed by atoms with Crippen LogP contribution in [0.15, 0.2) is 42.7 Å². The van der Waals surface area contributed by atoms with E-state index in [0.717, 1.165) is 34.6 Å². The van der Waals surface area contributed by atoms with Gasteiger partial charge in [-0.05, 0) is 18.6 Å². The number of aromatic nitrogens is 3. The maximum atomic E-state index is 11.4. The summed E-state index contributed by atoms with van der Waals surface area (Å²) in [5.41, 5.74) is 1.61. The van der Waals surface area contributed by atoms with Gasteiger partial charge in [0.25, 0.3) is 6.47 Å². The molecule has 0 aliphatic carbocycles. The summed E-state index contributed by atoms with van der Waals surface area (Å²) in [5, 5.41) is 10.9. The molecule has 8 heteroatoms. The summed E-state index contributed by atoms with van der Waals surface area (Å²) in [6.07, 6.45) is 5.14. The van der Waals surface area contributed by atoms with E-state index in [2.05, 4.69) is 10.3 Å². The summed E-state index contributed by atoms with van der Waals surface area (Å²) in [5.74, 6) is 1.66. The van der Waals surface area contributed by atoms with Crippen LogP contribution in [0.1, 0.15) is 12.8 Å². The Bertz CT molecular complexity index is 954. The second-order valence-electron chi connectivity index (χ2n) is 6.04. The van der Waals surface area contributed by atoms with Crippen LogP contribution in [0.5, 0.6) is 5.75 Å². The Kier molecular flexibility index (Phi) is 5.65. The third-order valence-corrected chi connectivity index (χ3v) is 4.35. The topological polar surface area (TPSA) is 106 Å². The number of rotatable bonds is 4. The van der Waals surface area contributed by atoms with Crippen LogP contribution in [0, 0.1) is 0 Å². The van der Waals surface area contributed by atoms with E-state index < -0.39 is 0 Å². The molecular formula is C19H20N4O4. The zero-order valence-electron chi connectivity index (χ0n) is 14.8. The molecule has 1 amide bonds. The number of nitrogens with one attached hydrogen (secondary N) is 1. The van der Waals surface area contributed by atoms with Crippen LogP contribution in [0.3, 0.4) is 0 Å². The monoisotopic (exact) mass is 368 g/mol. The van der Waals surface area contributed by atoms with Crippen molar-refractivity contribution < 1.29 is 19.4 Å². The summed E-state index contributed by atoms with van der Waals surface area (Å²) in [6.45, 7) is 0.451. The minimum atomic E-state index is -0.250. The highest BCUT2D eigenvalue weighted by atomic mass is 16.5. The van der Waals surface area contributed by atoms with Crippen molar-refractivity contribution in [1.82, 2.24) is 19.9 Å². The number of nitrogens with zero attached hydrogens (tertiary/aromatic N) is 3. The maximum absolute atomic E-state index is 11.4. The van der Waals surface area contributed by atoms with E-state index in [9.17, 15) is 4.79 Å². The molecule has 0 radical (unpaired) electrons. The standard InChI is InChI=1S/C18H18N4O2.CH2O2/c1-24-15-4-2-3-12-5-7-14(21-17(12)15)18-19-9-10-22(18)11-13-6-8-16(23)20-13;2-1-3/h2-5,7,9-10,13H,6,8,11H2,1H3,(H,20,23);1H,(H,2,3). The van der Waals surface area contributed by atoms with Gasteiger partial charge in [0.05, 0.1) is 7.11 Å². The highest BCUT2D eigenvalue weighted by Gasteiger charge is 2.22. The van der Waals surface area contributed by atoms with Crippen LogP contribution < -0.4 is 10.1 Å². The van der Waals surface area contributed by atoms with Gasteiger partial charge in [0.15, 0.2) is 5.82 Å². The predicted molar refractivity (Wildman–Crippen MR) is 99.4 cm³/mol. The zero-order chi connectivity index (χ0) is 19.2. The Morgan fingerprint density at radius 2 is 2.19 bits per heavy atom. The van der Waals surface area contributed by atoms with Gasteiger partial charge in [0.2, 0.25) is 5.91 Å². The van der Waals surface area contributed by atoms with Gasteiger partial charge in [-0.3, -0.25) is 9.59 Å². The number of hydrogen-bond donors (Lipinski definition) is 2. The maximum Gasteiger partial charge on any atom is 0.290 e. The molecule has 1 aliphatic rings. The lowest BCUT2D eigenvalue weighted by Crippen LogP contribution is -2.29. The Morgan fingerprint density at radius 1 is 1.37 bits per heavy atom. The van der Waals surface area contributed by atoms with E-state index >= 15 is 0 Å². The molecule has 3 heterocycles. The molecule has 0 bridgehead atoms. The lowest BCUT2D eigenvalue weighted by molar-refractivity contribution is -0.123. The van der Waals surface area contributed by atoms with Gasteiger partial charge in [0, 0.05) is 36.8 Å².